The van der Waals surface area contributed by atoms with Gasteiger partial charge in [0.15, 0.2) is 0 Å². The Bertz CT molecular complexity index is 777. The number of imidazole rings is 1. The molecule has 0 radical (unpaired) electrons. The number of fused-ring (bicyclic) bond motifs is 1. The minimum absolute atomic E-state index is 0.943. The fourth-order valence-electron chi connectivity index (χ4n) is 2.60. The van der Waals surface area contributed by atoms with E-state index < -0.39 is 0 Å². The van der Waals surface area contributed by atoms with Crippen LogP contribution in [-0.4, -0.2) is 23.6 Å². The summed E-state index contributed by atoms with van der Waals surface area (Å²) >= 11 is 3.54. The van der Waals surface area contributed by atoms with Crippen molar-refractivity contribution in [3.63, 3.8) is 0 Å². The lowest BCUT2D eigenvalue weighted by molar-refractivity contribution is 0.792. The number of benzene rings is 2. The second-order valence-corrected chi connectivity index (χ2v) is 6.13. The first-order valence-corrected chi connectivity index (χ1v) is 7.87. The third-order valence-electron chi connectivity index (χ3n) is 3.66. The van der Waals surface area contributed by atoms with E-state index in [1.54, 1.807) is 0 Å². The second kappa shape index (κ2) is 6.00. The quantitative estimate of drug-likeness (QED) is 0.749. The average Bonchev–Trinajstić information content (AvgIpc) is 2.89. The molecule has 0 atom stereocenters. The number of hydrogen-bond acceptors (Lipinski definition) is 2. The largest absolute Gasteiger partial charge is 0.338 e. The SMILES string of the molecule is CNCCc1ccccc1-c1nc2c(C)cc(Br)cc2[nH]1. The Hall–Kier alpha value is -1.65. The van der Waals surface area contributed by atoms with Crippen molar-refractivity contribution < 1.29 is 0 Å². The maximum Gasteiger partial charge on any atom is 0.138 e. The maximum atomic E-state index is 4.80. The molecule has 0 saturated heterocycles. The Morgan fingerprint density at radius 3 is 2.86 bits per heavy atom. The molecule has 0 aliphatic rings. The molecular weight excluding hydrogens is 326 g/mol. The normalized spacial score (nSPS) is 11.2. The molecule has 0 aliphatic carbocycles. The number of rotatable bonds is 4. The maximum absolute atomic E-state index is 4.80. The lowest BCUT2D eigenvalue weighted by Crippen LogP contribution is -2.10. The first-order valence-electron chi connectivity index (χ1n) is 7.08. The lowest BCUT2D eigenvalue weighted by atomic mass is 10.0. The number of likely N-dealkylation sites (N-methyl/N-ethyl adjacent to an activating group) is 1. The molecule has 3 aromatic rings. The molecule has 0 aliphatic heterocycles. The second-order valence-electron chi connectivity index (χ2n) is 5.21. The first kappa shape index (κ1) is 14.3. The molecule has 0 amide bonds. The Balaban J connectivity index is 2.10. The molecule has 0 unspecified atom stereocenters. The predicted octanol–water partition coefficient (Wildman–Crippen LogP) is 4.06. The van der Waals surface area contributed by atoms with Gasteiger partial charge in [-0.25, -0.2) is 4.98 Å². The number of aromatic nitrogens is 2. The van der Waals surface area contributed by atoms with E-state index in [1.807, 2.05) is 7.05 Å². The van der Waals surface area contributed by atoms with E-state index in [2.05, 4.69) is 69.6 Å². The van der Waals surface area contributed by atoms with Gasteiger partial charge in [0.05, 0.1) is 11.0 Å². The van der Waals surface area contributed by atoms with E-state index in [1.165, 1.54) is 16.7 Å². The topological polar surface area (TPSA) is 40.7 Å². The number of H-pyrrole nitrogens is 1. The van der Waals surface area contributed by atoms with Crippen molar-refractivity contribution in [1.29, 1.82) is 0 Å². The summed E-state index contributed by atoms with van der Waals surface area (Å²) in [6.45, 7) is 3.05. The van der Waals surface area contributed by atoms with E-state index in [9.17, 15) is 0 Å². The molecule has 1 heterocycles. The van der Waals surface area contributed by atoms with Crippen LogP contribution >= 0.6 is 15.9 Å². The van der Waals surface area contributed by atoms with Gasteiger partial charge >= 0.3 is 0 Å². The number of nitrogens with zero attached hydrogens (tertiary/aromatic N) is 1. The third-order valence-corrected chi connectivity index (χ3v) is 4.12. The van der Waals surface area contributed by atoms with Gasteiger partial charge in [0.1, 0.15) is 5.82 Å². The van der Waals surface area contributed by atoms with E-state index in [4.69, 9.17) is 4.98 Å². The minimum atomic E-state index is 0.943. The first-order chi connectivity index (χ1) is 10.2. The summed E-state index contributed by atoms with van der Waals surface area (Å²) in [5.41, 5.74) is 5.77. The highest BCUT2D eigenvalue weighted by atomic mass is 79.9. The summed E-state index contributed by atoms with van der Waals surface area (Å²) < 4.78 is 1.08. The van der Waals surface area contributed by atoms with Gasteiger partial charge in [0, 0.05) is 10.0 Å². The standard InChI is InChI=1S/C17H18BrN3/c1-11-9-13(18)10-15-16(11)21-17(20-15)14-6-4-3-5-12(14)7-8-19-2/h3-6,9-10,19H,7-8H2,1-2H3,(H,20,21). The van der Waals surface area contributed by atoms with Gasteiger partial charge in [-0.3, -0.25) is 0 Å². The number of aryl methyl sites for hydroxylation is 1. The summed E-state index contributed by atoms with van der Waals surface area (Å²) in [4.78, 5) is 8.24. The number of halogens is 1. The molecule has 2 N–H and O–H groups in total. The molecule has 0 bridgehead atoms. The van der Waals surface area contributed by atoms with Crippen molar-refractivity contribution in [2.45, 2.75) is 13.3 Å². The summed E-state index contributed by atoms with van der Waals surface area (Å²) in [6, 6.07) is 12.6. The van der Waals surface area contributed by atoms with E-state index in [-0.39, 0.29) is 0 Å². The highest BCUT2D eigenvalue weighted by Gasteiger charge is 2.11. The Labute approximate surface area is 132 Å². The van der Waals surface area contributed by atoms with Gasteiger partial charge in [-0.05, 0) is 50.2 Å². The van der Waals surface area contributed by atoms with Crippen LogP contribution in [0.5, 0.6) is 0 Å². The number of hydrogen-bond donors (Lipinski definition) is 2. The molecule has 4 heteroatoms. The smallest absolute Gasteiger partial charge is 0.138 e. The van der Waals surface area contributed by atoms with Crippen molar-refractivity contribution in [2.24, 2.45) is 0 Å². The van der Waals surface area contributed by atoms with E-state index in [0.717, 1.165) is 34.3 Å². The molecule has 3 rings (SSSR count). The molecule has 21 heavy (non-hydrogen) atoms. The zero-order chi connectivity index (χ0) is 14.8. The molecule has 108 valence electrons. The summed E-state index contributed by atoms with van der Waals surface area (Å²) in [7, 11) is 1.98. The van der Waals surface area contributed by atoms with Crippen LogP contribution in [0.3, 0.4) is 0 Å². The van der Waals surface area contributed by atoms with Gasteiger partial charge in [-0.15, -0.1) is 0 Å². The lowest BCUT2D eigenvalue weighted by Gasteiger charge is -2.06. The van der Waals surface area contributed by atoms with Gasteiger partial charge in [-0.1, -0.05) is 40.2 Å². The van der Waals surface area contributed by atoms with Gasteiger partial charge in [-0.2, -0.15) is 0 Å². The van der Waals surface area contributed by atoms with Gasteiger partial charge in [0.25, 0.3) is 0 Å². The van der Waals surface area contributed by atoms with Crippen LogP contribution in [0.15, 0.2) is 40.9 Å². The minimum Gasteiger partial charge on any atom is -0.338 e. The summed E-state index contributed by atoms with van der Waals surface area (Å²) in [5, 5.41) is 3.20. The molecule has 0 spiro atoms. The zero-order valence-corrected chi connectivity index (χ0v) is 13.8. The molecule has 0 fully saturated rings. The Kier molecular flexibility index (Phi) is 4.08. The fraction of sp³-hybridized carbons (Fsp3) is 0.235. The van der Waals surface area contributed by atoms with Crippen molar-refractivity contribution in [2.75, 3.05) is 13.6 Å². The van der Waals surface area contributed by atoms with Crippen LogP contribution in [0.2, 0.25) is 0 Å². The van der Waals surface area contributed by atoms with Crippen molar-refractivity contribution in [3.8, 4) is 11.4 Å². The van der Waals surface area contributed by atoms with Gasteiger partial charge < -0.3 is 10.3 Å². The van der Waals surface area contributed by atoms with Crippen LogP contribution in [-0.2, 0) is 6.42 Å². The van der Waals surface area contributed by atoms with Crippen LogP contribution in [0.4, 0.5) is 0 Å². The average molecular weight is 344 g/mol. The summed E-state index contributed by atoms with van der Waals surface area (Å²) in [5.74, 6) is 0.943. The van der Waals surface area contributed by atoms with E-state index >= 15 is 0 Å². The zero-order valence-electron chi connectivity index (χ0n) is 12.2. The highest BCUT2D eigenvalue weighted by Crippen LogP contribution is 2.27. The monoisotopic (exact) mass is 343 g/mol. The molecular formula is C17H18BrN3. The van der Waals surface area contributed by atoms with Crippen molar-refractivity contribution in [3.05, 3.63) is 52.0 Å². The molecule has 3 nitrogen and oxygen atoms in total. The van der Waals surface area contributed by atoms with Gasteiger partial charge in [0.2, 0.25) is 0 Å². The van der Waals surface area contributed by atoms with E-state index in [0.29, 0.717) is 0 Å². The van der Waals surface area contributed by atoms with Crippen LogP contribution < -0.4 is 5.32 Å². The summed E-state index contributed by atoms with van der Waals surface area (Å²) in [6.07, 6.45) is 0.992. The van der Waals surface area contributed by atoms with Crippen molar-refractivity contribution >= 4 is 27.0 Å². The molecule has 2 aromatic carbocycles. The van der Waals surface area contributed by atoms with Crippen molar-refractivity contribution in [1.82, 2.24) is 15.3 Å². The van der Waals surface area contributed by atoms with Crippen LogP contribution in [0.25, 0.3) is 22.4 Å². The fourth-order valence-corrected chi connectivity index (χ4v) is 3.18. The van der Waals surface area contributed by atoms with Crippen LogP contribution in [0.1, 0.15) is 11.1 Å². The highest BCUT2D eigenvalue weighted by molar-refractivity contribution is 9.10. The number of aromatic amines is 1. The third kappa shape index (κ3) is 2.87. The molecule has 0 saturated carbocycles. The predicted molar refractivity (Wildman–Crippen MR) is 91.6 cm³/mol. The Morgan fingerprint density at radius 1 is 1.24 bits per heavy atom. The Morgan fingerprint density at radius 2 is 2.05 bits per heavy atom. The molecule has 1 aromatic heterocycles. The van der Waals surface area contributed by atoms with Crippen LogP contribution in [0, 0.1) is 6.92 Å². The number of nitrogens with one attached hydrogen (secondary N) is 2.